The summed E-state index contributed by atoms with van der Waals surface area (Å²) in [6, 6.07) is 62.9. The summed E-state index contributed by atoms with van der Waals surface area (Å²) in [6.45, 7) is 8.68. The summed E-state index contributed by atoms with van der Waals surface area (Å²) in [5, 5.41) is 1.94. The summed E-state index contributed by atoms with van der Waals surface area (Å²) >= 11 is 0. The number of benzene rings is 6. The Morgan fingerprint density at radius 2 is 1.09 bits per heavy atom. The van der Waals surface area contributed by atoms with Crippen LogP contribution < -0.4 is 0 Å². The second-order valence-corrected chi connectivity index (χ2v) is 18.0. The molecule has 4 heterocycles. The number of fused-ring (bicyclic) bond motifs is 3. The Labute approximate surface area is 407 Å². The van der Waals surface area contributed by atoms with Crippen LogP contribution in [0.1, 0.15) is 66.6 Å². The summed E-state index contributed by atoms with van der Waals surface area (Å²) < 4.78 is 45.9. The molecule has 10 aromatic rings. The van der Waals surface area contributed by atoms with E-state index >= 15 is 0 Å². The van der Waals surface area contributed by atoms with Crippen LogP contribution in [0.2, 0.25) is 0 Å². The molecule has 0 aliphatic rings. The van der Waals surface area contributed by atoms with Crippen molar-refractivity contribution in [2.75, 3.05) is 0 Å². The molecule has 0 spiro atoms. The number of nitrogens with zero attached hydrogens (tertiary/aromatic N) is 3. The maximum Gasteiger partial charge on any atom is 3.00 e. The van der Waals surface area contributed by atoms with Crippen molar-refractivity contribution in [1.29, 1.82) is 0 Å². The van der Waals surface area contributed by atoms with Gasteiger partial charge in [0.15, 0.2) is 0 Å². The van der Waals surface area contributed by atoms with Crippen LogP contribution in [0.15, 0.2) is 187 Å². The fraction of sp³-hybridized carbons (Fsp3) is 0.164. The fourth-order valence-electron chi connectivity index (χ4n) is 8.78. The third-order valence-electron chi connectivity index (χ3n) is 12.3. The standard InChI is InChI=1S/C61H50N3O.Ir/c1-60(2,50-27-30-55(63-40-50)46-18-10-6-11-19-46)37-43-32-42(33-44(34-43)38-61(3,4)51-28-31-56(64-41-51)47-20-12-7-13-21-47)24-25-49-39-62-57(36-54(49)45-16-8-5-9-17-45)48-26-29-53-52-22-14-15-23-58(52)65-59(53)35-48;/h5-18,20,22-23,26-34,36,39-41H,24-25,37-38H2,1-4H3;/q-3;+3/i24D2,25D2;. The number of furan rings is 1. The third-order valence-corrected chi connectivity index (χ3v) is 12.3. The van der Waals surface area contributed by atoms with Crippen molar-refractivity contribution in [3.8, 4) is 44.9 Å². The van der Waals surface area contributed by atoms with Crippen molar-refractivity contribution in [1.82, 2.24) is 15.0 Å². The van der Waals surface area contributed by atoms with Crippen LogP contribution in [-0.4, -0.2) is 15.0 Å². The zero-order valence-corrected chi connectivity index (χ0v) is 39.7. The van der Waals surface area contributed by atoms with Gasteiger partial charge in [0.05, 0.1) is 5.58 Å². The van der Waals surface area contributed by atoms with Crippen molar-refractivity contribution < 1.29 is 30.0 Å². The molecule has 10 rings (SSSR count). The summed E-state index contributed by atoms with van der Waals surface area (Å²) in [7, 11) is 0. The van der Waals surface area contributed by atoms with Crippen LogP contribution >= 0.6 is 0 Å². The Kier molecular flexibility index (Phi) is 11.4. The smallest absolute Gasteiger partial charge is 0.477 e. The number of aryl methyl sites for hydroxylation is 2. The molecular weight excluding hydrogens is 983 g/mol. The van der Waals surface area contributed by atoms with Crippen LogP contribution in [0.3, 0.4) is 0 Å². The molecule has 6 aromatic carbocycles. The number of hydrogen-bond acceptors (Lipinski definition) is 4. The van der Waals surface area contributed by atoms with Crippen molar-refractivity contribution in [2.24, 2.45) is 0 Å². The maximum absolute atomic E-state index is 9.94. The first-order valence-corrected chi connectivity index (χ1v) is 22.1. The van der Waals surface area contributed by atoms with Crippen LogP contribution in [-0.2, 0) is 56.5 Å². The molecule has 0 atom stereocenters. The topological polar surface area (TPSA) is 51.8 Å². The molecule has 4 nitrogen and oxygen atoms in total. The van der Waals surface area contributed by atoms with Gasteiger partial charge in [0.25, 0.3) is 0 Å². The Morgan fingerprint density at radius 3 is 1.68 bits per heavy atom. The SMILES string of the molecule is [2H]C([2H])(c1cc(CC(C)(C)c2ccc(-c3[c-]cccc3)nc2)cc(CC(C)(C)c2ccc(-c3[c-]cccc3)nc2)c1)C([2H])([2H])c1cnc(-c2[c-]c3oc4ccccc4c3cc2)cc1-c1ccccc1.[Ir+3]. The van der Waals surface area contributed by atoms with Crippen molar-refractivity contribution in [3.63, 3.8) is 0 Å². The largest absolute Gasteiger partial charge is 3.00 e. The molecule has 66 heavy (non-hydrogen) atoms. The number of pyridine rings is 3. The molecule has 0 bridgehead atoms. The zero-order chi connectivity index (χ0) is 48.0. The predicted octanol–water partition coefficient (Wildman–Crippen LogP) is 14.7. The second kappa shape index (κ2) is 19.0. The second-order valence-electron chi connectivity index (χ2n) is 18.0. The monoisotopic (exact) mass is 1040 g/mol. The van der Waals surface area contributed by atoms with E-state index in [-0.39, 0.29) is 31.2 Å². The summed E-state index contributed by atoms with van der Waals surface area (Å²) in [4.78, 5) is 14.5. The van der Waals surface area contributed by atoms with E-state index < -0.39 is 23.6 Å². The van der Waals surface area contributed by atoms with Gasteiger partial charge >= 0.3 is 20.1 Å². The first-order chi connectivity index (χ1) is 33.2. The van der Waals surface area contributed by atoms with E-state index in [1.807, 2.05) is 158 Å². The van der Waals surface area contributed by atoms with Gasteiger partial charge in [-0.1, -0.05) is 136 Å². The van der Waals surface area contributed by atoms with E-state index in [0.717, 1.165) is 66.7 Å². The van der Waals surface area contributed by atoms with Crippen LogP contribution in [0.25, 0.3) is 66.8 Å². The average Bonchev–Trinajstić information content (AvgIpc) is 3.75. The van der Waals surface area contributed by atoms with Gasteiger partial charge in [-0.05, 0) is 109 Å². The van der Waals surface area contributed by atoms with Gasteiger partial charge in [-0.3, -0.25) is 0 Å². The molecule has 0 radical (unpaired) electrons. The van der Waals surface area contributed by atoms with Crippen LogP contribution in [0.4, 0.5) is 0 Å². The van der Waals surface area contributed by atoms with E-state index in [2.05, 4.69) is 64.1 Å². The van der Waals surface area contributed by atoms with E-state index in [9.17, 15) is 5.48 Å². The summed E-state index contributed by atoms with van der Waals surface area (Å²) in [6.07, 6.45) is 1.35. The molecule has 0 fully saturated rings. The number of rotatable bonds is 13. The maximum atomic E-state index is 9.94. The molecular formula is C61H50IrN3O. The van der Waals surface area contributed by atoms with Crippen molar-refractivity contribution in [3.05, 3.63) is 234 Å². The van der Waals surface area contributed by atoms with Crippen molar-refractivity contribution in [2.45, 2.75) is 64.1 Å². The van der Waals surface area contributed by atoms with Gasteiger partial charge in [-0.15, -0.1) is 89.5 Å². The molecule has 0 N–H and O–H groups in total. The Hall–Kier alpha value is -6.78. The fourth-order valence-corrected chi connectivity index (χ4v) is 8.78. The van der Waals surface area contributed by atoms with E-state index in [1.54, 1.807) is 0 Å². The molecule has 0 amide bonds. The van der Waals surface area contributed by atoms with Gasteiger partial charge in [-0.25, -0.2) is 0 Å². The molecule has 0 unspecified atom stereocenters. The predicted molar refractivity (Wildman–Crippen MR) is 266 cm³/mol. The number of hydrogen-bond donors (Lipinski definition) is 0. The minimum Gasteiger partial charge on any atom is -0.477 e. The number of para-hydroxylation sites is 1. The zero-order valence-electron chi connectivity index (χ0n) is 41.3. The minimum atomic E-state index is -2.56. The van der Waals surface area contributed by atoms with Crippen LogP contribution in [0, 0.1) is 18.2 Å². The van der Waals surface area contributed by atoms with Crippen LogP contribution in [0.5, 0.6) is 0 Å². The molecule has 4 aromatic heterocycles. The Bertz CT molecular complexity index is 3320. The van der Waals surface area contributed by atoms with E-state index in [1.165, 1.54) is 6.20 Å². The molecule has 5 heteroatoms. The molecule has 0 aliphatic heterocycles. The first kappa shape index (κ1) is 39.6. The van der Waals surface area contributed by atoms with Gasteiger partial charge < -0.3 is 19.4 Å². The van der Waals surface area contributed by atoms with Gasteiger partial charge in [-0.2, -0.15) is 0 Å². The van der Waals surface area contributed by atoms with E-state index in [0.29, 0.717) is 35.2 Å². The normalized spacial score (nSPS) is 13.1. The summed E-state index contributed by atoms with van der Waals surface area (Å²) in [5.41, 5.74) is 10.8. The van der Waals surface area contributed by atoms with Gasteiger partial charge in [0.1, 0.15) is 5.58 Å². The molecule has 0 aliphatic carbocycles. The Morgan fingerprint density at radius 1 is 0.515 bits per heavy atom. The first-order valence-electron chi connectivity index (χ1n) is 24.1. The quantitative estimate of drug-likeness (QED) is 0.108. The molecule has 0 saturated heterocycles. The Balaban J connectivity index is 0.00000608. The third kappa shape index (κ3) is 9.60. The molecule has 324 valence electrons. The van der Waals surface area contributed by atoms with Gasteiger partial charge in [0, 0.05) is 24.1 Å². The van der Waals surface area contributed by atoms with Crippen molar-refractivity contribution >= 4 is 21.9 Å². The number of aromatic nitrogens is 3. The molecule has 0 saturated carbocycles. The van der Waals surface area contributed by atoms with E-state index in [4.69, 9.17) is 19.4 Å². The van der Waals surface area contributed by atoms with Gasteiger partial charge in [0.2, 0.25) is 0 Å². The average molecular weight is 1040 g/mol. The summed E-state index contributed by atoms with van der Waals surface area (Å²) in [5.74, 6) is 0. The minimum absolute atomic E-state index is 0.